The van der Waals surface area contributed by atoms with Crippen LogP contribution in [0.25, 0.3) is 10.1 Å². The molecule has 2 aliphatic rings. The zero-order chi connectivity index (χ0) is 17.2. The van der Waals surface area contributed by atoms with Gasteiger partial charge in [0.15, 0.2) is 0 Å². The van der Waals surface area contributed by atoms with E-state index in [9.17, 15) is 4.79 Å². The average Bonchev–Trinajstić information content (AvgIpc) is 2.86. The molecule has 0 radical (unpaired) electrons. The van der Waals surface area contributed by atoms with Crippen molar-refractivity contribution in [1.82, 2.24) is 14.2 Å². The van der Waals surface area contributed by atoms with Crippen molar-refractivity contribution < 1.29 is 9.53 Å². The summed E-state index contributed by atoms with van der Waals surface area (Å²) in [4.78, 5) is 17.5. The molecule has 0 saturated carbocycles. The molecular formula is C19H25N3O2S. The van der Waals surface area contributed by atoms with Crippen LogP contribution in [0.2, 0.25) is 0 Å². The predicted octanol–water partition coefficient (Wildman–Crippen LogP) is 2.93. The molecule has 6 heteroatoms. The predicted molar refractivity (Wildman–Crippen MR) is 100 cm³/mol. The fourth-order valence-corrected chi connectivity index (χ4v) is 4.67. The summed E-state index contributed by atoms with van der Waals surface area (Å²) in [5.74, 6) is 0.0921. The number of aromatic nitrogens is 1. The van der Waals surface area contributed by atoms with Gasteiger partial charge in [0, 0.05) is 44.2 Å². The van der Waals surface area contributed by atoms with E-state index in [2.05, 4.69) is 34.4 Å². The van der Waals surface area contributed by atoms with Crippen LogP contribution in [-0.2, 0) is 4.74 Å². The molecule has 2 aliphatic heterocycles. The van der Waals surface area contributed by atoms with E-state index >= 15 is 0 Å². The lowest BCUT2D eigenvalue weighted by atomic mass is 10.0. The van der Waals surface area contributed by atoms with Gasteiger partial charge < -0.3 is 9.64 Å². The SMILES string of the molecule is Cc1ccc2snc(C(=O)N3CCC(N4CCCOCC4)CC3)c2c1. The van der Waals surface area contributed by atoms with Gasteiger partial charge in [0.25, 0.3) is 5.91 Å². The third-order valence-electron chi connectivity index (χ3n) is 5.35. The second-order valence-corrected chi connectivity index (χ2v) is 7.86. The number of amides is 1. The van der Waals surface area contributed by atoms with E-state index in [1.54, 1.807) is 0 Å². The number of fused-ring (bicyclic) bond motifs is 1. The van der Waals surface area contributed by atoms with Gasteiger partial charge in [0.1, 0.15) is 5.69 Å². The maximum atomic E-state index is 13.0. The topological polar surface area (TPSA) is 45.7 Å². The number of carbonyl (C=O) groups excluding carboxylic acids is 1. The quantitative estimate of drug-likeness (QED) is 0.827. The third kappa shape index (κ3) is 3.57. The fraction of sp³-hybridized carbons (Fsp3) is 0.579. The average molecular weight is 359 g/mol. The lowest BCUT2D eigenvalue weighted by Crippen LogP contribution is -2.47. The van der Waals surface area contributed by atoms with Gasteiger partial charge in [0.2, 0.25) is 0 Å². The molecule has 1 aromatic heterocycles. The van der Waals surface area contributed by atoms with E-state index in [0.717, 1.165) is 68.7 Å². The molecule has 2 saturated heterocycles. The van der Waals surface area contributed by atoms with Crippen LogP contribution < -0.4 is 0 Å². The maximum absolute atomic E-state index is 13.0. The number of hydrogen-bond acceptors (Lipinski definition) is 5. The first kappa shape index (κ1) is 16.9. The zero-order valence-corrected chi connectivity index (χ0v) is 15.6. The lowest BCUT2D eigenvalue weighted by Gasteiger charge is -2.37. The molecule has 5 nitrogen and oxygen atoms in total. The Balaban J connectivity index is 1.43. The number of aryl methyl sites for hydroxylation is 1. The first-order valence-corrected chi connectivity index (χ1v) is 9.97. The Hall–Kier alpha value is -1.50. The van der Waals surface area contributed by atoms with Gasteiger partial charge in [-0.05, 0) is 49.9 Å². The van der Waals surface area contributed by atoms with Gasteiger partial charge in [-0.15, -0.1) is 0 Å². The number of piperidine rings is 1. The van der Waals surface area contributed by atoms with Crippen molar-refractivity contribution in [3.8, 4) is 0 Å². The summed E-state index contributed by atoms with van der Waals surface area (Å²) in [7, 11) is 0. The Bertz CT molecular complexity index is 744. The summed E-state index contributed by atoms with van der Waals surface area (Å²) >= 11 is 1.42. The third-order valence-corrected chi connectivity index (χ3v) is 6.18. The minimum atomic E-state index is 0.0921. The minimum Gasteiger partial charge on any atom is -0.380 e. The van der Waals surface area contributed by atoms with Crippen molar-refractivity contribution in [1.29, 1.82) is 0 Å². The van der Waals surface area contributed by atoms with Crippen LogP contribution in [0.15, 0.2) is 18.2 Å². The number of nitrogens with zero attached hydrogens (tertiary/aromatic N) is 3. The van der Waals surface area contributed by atoms with Gasteiger partial charge in [0.05, 0.1) is 11.3 Å². The van der Waals surface area contributed by atoms with Crippen molar-refractivity contribution in [2.75, 3.05) is 39.4 Å². The zero-order valence-electron chi connectivity index (χ0n) is 14.7. The Labute approximate surface area is 152 Å². The van der Waals surface area contributed by atoms with Gasteiger partial charge in [-0.3, -0.25) is 9.69 Å². The highest BCUT2D eigenvalue weighted by Gasteiger charge is 2.29. The van der Waals surface area contributed by atoms with E-state index in [0.29, 0.717) is 11.7 Å². The molecule has 1 amide bonds. The highest BCUT2D eigenvalue weighted by Crippen LogP contribution is 2.26. The number of hydrogen-bond donors (Lipinski definition) is 0. The van der Waals surface area contributed by atoms with Crippen LogP contribution in [-0.4, -0.2) is 65.5 Å². The summed E-state index contributed by atoms with van der Waals surface area (Å²) in [5.41, 5.74) is 1.80. The summed E-state index contributed by atoms with van der Waals surface area (Å²) < 4.78 is 11.1. The smallest absolute Gasteiger partial charge is 0.274 e. The van der Waals surface area contributed by atoms with E-state index in [1.165, 1.54) is 17.1 Å². The number of benzene rings is 1. The second-order valence-electron chi connectivity index (χ2n) is 7.06. The van der Waals surface area contributed by atoms with E-state index in [4.69, 9.17) is 4.74 Å². The number of rotatable bonds is 2. The molecule has 0 bridgehead atoms. The number of ether oxygens (including phenoxy) is 1. The Morgan fingerprint density at radius 1 is 1.20 bits per heavy atom. The number of likely N-dealkylation sites (tertiary alicyclic amines) is 1. The van der Waals surface area contributed by atoms with Crippen LogP contribution in [0.3, 0.4) is 0 Å². The molecule has 0 aliphatic carbocycles. The van der Waals surface area contributed by atoms with Gasteiger partial charge >= 0.3 is 0 Å². The van der Waals surface area contributed by atoms with E-state index in [-0.39, 0.29) is 5.91 Å². The molecule has 0 spiro atoms. The second kappa shape index (κ2) is 7.40. The molecule has 0 atom stereocenters. The molecule has 2 fully saturated rings. The highest BCUT2D eigenvalue weighted by molar-refractivity contribution is 7.13. The molecular weight excluding hydrogens is 334 g/mol. The Morgan fingerprint density at radius 2 is 2.04 bits per heavy atom. The first-order valence-electron chi connectivity index (χ1n) is 9.19. The Morgan fingerprint density at radius 3 is 2.88 bits per heavy atom. The molecule has 0 N–H and O–H groups in total. The number of carbonyl (C=O) groups is 1. The molecule has 25 heavy (non-hydrogen) atoms. The van der Waals surface area contributed by atoms with Crippen molar-refractivity contribution in [2.45, 2.75) is 32.2 Å². The Kier molecular flexibility index (Phi) is 5.01. The molecule has 3 heterocycles. The molecule has 4 rings (SSSR count). The normalized spacial score (nSPS) is 20.8. The fourth-order valence-electron chi connectivity index (χ4n) is 3.92. The van der Waals surface area contributed by atoms with E-state index in [1.807, 2.05) is 4.90 Å². The van der Waals surface area contributed by atoms with Gasteiger partial charge in [-0.25, -0.2) is 0 Å². The minimum absolute atomic E-state index is 0.0921. The van der Waals surface area contributed by atoms with Crippen molar-refractivity contribution in [3.63, 3.8) is 0 Å². The maximum Gasteiger partial charge on any atom is 0.274 e. The highest BCUT2D eigenvalue weighted by atomic mass is 32.1. The summed E-state index contributed by atoms with van der Waals surface area (Å²) in [5, 5.41) is 1.00. The van der Waals surface area contributed by atoms with Crippen molar-refractivity contribution >= 4 is 27.5 Å². The summed E-state index contributed by atoms with van der Waals surface area (Å²) in [6.45, 7) is 7.57. The molecule has 2 aromatic rings. The summed E-state index contributed by atoms with van der Waals surface area (Å²) in [6.07, 6.45) is 3.21. The summed E-state index contributed by atoms with van der Waals surface area (Å²) in [6, 6.07) is 6.80. The van der Waals surface area contributed by atoms with Crippen LogP contribution >= 0.6 is 11.5 Å². The van der Waals surface area contributed by atoms with Crippen LogP contribution in [0, 0.1) is 6.92 Å². The largest absolute Gasteiger partial charge is 0.380 e. The lowest BCUT2D eigenvalue weighted by molar-refractivity contribution is 0.0606. The first-order chi connectivity index (χ1) is 12.2. The van der Waals surface area contributed by atoms with Crippen LogP contribution in [0.4, 0.5) is 0 Å². The van der Waals surface area contributed by atoms with Gasteiger partial charge in [-0.2, -0.15) is 4.37 Å². The molecule has 134 valence electrons. The van der Waals surface area contributed by atoms with Crippen LogP contribution in [0.5, 0.6) is 0 Å². The molecule has 1 aromatic carbocycles. The molecule has 0 unspecified atom stereocenters. The monoisotopic (exact) mass is 359 g/mol. The van der Waals surface area contributed by atoms with Crippen LogP contribution in [0.1, 0.15) is 35.3 Å². The van der Waals surface area contributed by atoms with Crippen molar-refractivity contribution in [2.24, 2.45) is 0 Å². The van der Waals surface area contributed by atoms with Crippen molar-refractivity contribution in [3.05, 3.63) is 29.5 Å². The van der Waals surface area contributed by atoms with E-state index < -0.39 is 0 Å². The van der Waals surface area contributed by atoms with Gasteiger partial charge in [-0.1, -0.05) is 11.6 Å². The standard InChI is InChI=1S/C19H25N3O2S/c1-14-3-4-17-16(13-14)18(20-25-17)19(23)22-8-5-15(6-9-22)21-7-2-11-24-12-10-21/h3-4,13,15H,2,5-12H2,1H3.